The summed E-state index contributed by atoms with van der Waals surface area (Å²) in [5, 5.41) is 0. The minimum Gasteiger partial charge on any atom is -0.464 e. The van der Waals surface area contributed by atoms with Gasteiger partial charge in [-0.25, -0.2) is 0 Å². The van der Waals surface area contributed by atoms with Gasteiger partial charge in [0.15, 0.2) is 5.78 Å². The fourth-order valence-corrected chi connectivity index (χ4v) is 2.37. The highest BCUT2D eigenvalue weighted by Gasteiger charge is 2.14. The summed E-state index contributed by atoms with van der Waals surface area (Å²) in [4.78, 5) is 25.9. The van der Waals surface area contributed by atoms with Crippen molar-refractivity contribution in [2.75, 3.05) is 7.05 Å². The molecular formula is C19H23NO3. The highest BCUT2D eigenvalue weighted by Crippen LogP contribution is 2.12. The number of hydrogen-bond acceptors (Lipinski definition) is 3. The first kappa shape index (κ1) is 17.0. The molecule has 0 aliphatic rings. The Balaban J connectivity index is 1.83. The molecule has 0 radical (unpaired) electrons. The molecule has 1 amide bonds. The molecule has 2 rings (SSSR count). The van der Waals surface area contributed by atoms with Crippen LogP contribution >= 0.6 is 0 Å². The van der Waals surface area contributed by atoms with Crippen LogP contribution in [0.3, 0.4) is 0 Å². The Morgan fingerprint density at radius 3 is 2.30 bits per heavy atom. The third-order valence-corrected chi connectivity index (χ3v) is 3.86. The van der Waals surface area contributed by atoms with Crippen LogP contribution in [-0.2, 0) is 17.8 Å². The second kappa shape index (κ2) is 7.77. The molecule has 0 saturated carbocycles. The zero-order chi connectivity index (χ0) is 16.8. The number of carbonyl (C=O) groups is 2. The Morgan fingerprint density at radius 1 is 1.04 bits per heavy atom. The minimum absolute atomic E-state index is 0.00301. The molecule has 122 valence electrons. The van der Waals surface area contributed by atoms with E-state index in [-0.39, 0.29) is 24.5 Å². The summed E-state index contributed by atoms with van der Waals surface area (Å²) in [6.45, 7) is 4.37. The summed E-state index contributed by atoms with van der Waals surface area (Å²) in [5.74, 6) is 1.52. The second-order valence-corrected chi connectivity index (χ2v) is 5.74. The minimum atomic E-state index is -0.0578. The molecule has 4 nitrogen and oxygen atoms in total. The van der Waals surface area contributed by atoms with E-state index < -0.39 is 0 Å². The van der Waals surface area contributed by atoms with Crippen LogP contribution in [0.1, 0.15) is 47.2 Å². The first-order chi connectivity index (χ1) is 11.0. The SMILES string of the molecule is CCc1ccc(C(=O)CCC(=O)N(C)Cc2ccc(C)o2)cc1. The average Bonchev–Trinajstić information content (AvgIpc) is 2.97. The summed E-state index contributed by atoms with van der Waals surface area (Å²) in [6, 6.07) is 11.3. The summed E-state index contributed by atoms with van der Waals surface area (Å²) in [5.41, 5.74) is 1.87. The molecule has 0 atom stereocenters. The van der Waals surface area contributed by atoms with Crippen molar-refractivity contribution in [2.45, 2.75) is 39.7 Å². The van der Waals surface area contributed by atoms with Crippen molar-refractivity contribution in [3.63, 3.8) is 0 Å². The molecule has 0 N–H and O–H groups in total. The monoisotopic (exact) mass is 313 g/mol. The predicted molar refractivity (Wildman–Crippen MR) is 89.3 cm³/mol. The van der Waals surface area contributed by atoms with Gasteiger partial charge in [-0.1, -0.05) is 31.2 Å². The maximum Gasteiger partial charge on any atom is 0.223 e. The lowest BCUT2D eigenvalue weighted by atomic mass is 10.0. The number of ketones is 1. The quantitative estimate of drug-likeness (QED) is 0.731. The molecule has 23 heavy (non-hydrogen) atoms. The van der Waals surface area contributed by atoms with Crippen LogP contribution in [0.5, 0.6) is 0 Å². The van der Waals surface area contributed by atoms with Crippen LogP contribution in [0.25, 0.3) is 0 Å². The molecule has 2 aromatic rings. The van der Waals surface area contributed by atoms with Crippen LogP contribution in [0.4, 0.5) is 0 Å². The largest absolute Gasteiger partial charge is 0.464 e. The molecule has 0 bridgehead atoms. The van der Waals surface area contributed by atoms with E-state index in [1.165, 1.54) is 5.56 Å². The zero-order valence-corrected chi connectivity index (χ0v) is 14.0. The average molecular weight is 313 g/mol. The molecule has 1 heterocycles. The molecule has 0 spiro atoms. The van der Waals surface area contributed by atoms with Gasteiger partial charge in [0.05, 0.1) is 6.54 Å². The van der Waals surface area contributed by atoms with Crippen molar-refractivity contribution in [1.82, 2.24) is 4.90 Å². The van der Waals surface area contributed by atoms with Gasteiger partial charge in [0.1, 0.15) is 11.5 Å². The summed E-state index contributed by atoms with van der Waals surface area (Å²) in [6.07, 6.45) is 1.39. The molecule has 4 heteroatoms. The van der Waals surface area contributed by atoms with E-state index in [9.17, 15) is 9.59 Å². The molecule has 0 fully saturated rings. The van der Waals surface area contributed by atoms with E-state index in [1.807, 2.05) is 43.3 Å². The van der Waals surface area contributed by atoms with Gasteiger partial charge in [0, 0.05) is 25.5 Å². The smallest absolute Gasteiger partial charge is 0.223 e. The lowest BCUT2D eigenvalue weighted by Gasteiger charge is -2.15. The summed E-state index contributed by atoms with van der Waals surface area (Å²) < 4.78 is 5.46. The molecule has 0 unspecified atom stereocenters. The molecule has 1 aromatic heterocycles. The molecular weight excluding hydrogens is 290 g/mol. The highest BCUT2D eigenvalue weighted by atomic mass is 16.3. The van der Waals surface area contributed by atoms with Gasteiger partial charge >= 0.3 is 0 Å². The van der Waals surface area contributed by atoms with E-state index in [2.05, 4.69) is 6.92 Å². The Labute approximate surface area is 137 Å². The molecule has 1 aromatic carbocycles. The zero-order valence-electron chi connectivity index (χ0n) is 14.0. The lowest BCUT2D eigenvalue weighted by Crippen LogP contribution is -2.26. The van der Waals surface area contributed by atoms with Crippen molar-refractivity contribution >= 4 is 11.7 Å². The van der Waals surface area contributed by atoms with Crippen LogP contribution in [0.15, 0.2) is 40.8 Å². The topological polar surface area (TPSA) is 50.5 Å². The van der Waals surface area contributed by atoms with Crippen molar-refractivity contribution in [3.8, 4) is 0 Å². The lowest BCUT2D eigenvalue weighted by molar-refractivity contribution is -0.130. The van der Waals surface area contributed by atoms with Crippen LogP contribution in [0.2, 0.25) is 0 Å². The number of nitrogens with zero attached hydrogens (tertiary/aromatic N) is 1. The number of amides is 1. The van der Waals surface area contributed by atoms with Gasteiger partial charge in [0.2, 0.25) is 5.91 Å². The van der Waals surface area contributed by atoms with Crippen molar-refractivity contribution in [2.24, 2.45) is 0 Å². The number of rotatable bonds is 7. The number of aryl methyl sites for hydroxylation is 2. The van der Waals surface area contributed by atoms with Gasteiger partial charge in [-0.3, -0.25) is 9.59 Å². The van der Waals surface area contributed by atoms with Gasteiger partial charge in [-0.2, -0.15) is 0 Å². The Hall–Kier alpha value is -2.36. The predicted octanol–water partition coefficient (Wildman–Crippen LogP) is 3.77. The van der Waals surface area contributed by atoms with Gasteiger partial charge in [-0.05, 0) is 31.0 Å². The van der Waals surface area contributed by atoms with E-state index in [4.69, 9.17) is 4.42 Å². The van der Waals surface area contributed by atoms with Crippen molar-refractivity contribution in [3.05, 3.63) is 59.0 Å². The second-order valence-electron chi connectivity index (χ2n) is 5.74. The van der Waals surface area contributed by atoms with E-state index in [1.54, 1.807) is 11.9 Å². The third kappa shape index (κ3) is 4.81. The van der Waals surface area contributed by atoms with E-state index in [0.717, 1.165) is 17.9 Å². The van der Waals surface area contributed by atoms with Crippen LogP contribution < -0.4 is 0 Å². The van der Waals surface area contributed by atoms with Gasteiger partial charge in [0.25, 0.3) is 0 Å². The fraction of sp³-hybridized carbons (Fsp3) is 0.368. The van der Waals surface area contributed by atoms with Crippen LogP contribution in [-0.4, -0.2) is 23.6 Å². The first-order valence-corrected chi connectivity index (χ1v) is 7.91. The number of benzene rings is 1. The van der Waals surface area contributed by atoms with Crippen LogP contribution in [0, 0.1) is 6.92 Å². The van der Waals surface area contributed by atoms with E-state index in [0.29, 0.717) is 12.1 Å². The standard InChI is InChI=1S/C19H23NO3/c1-4-15-6-8-16(9-7-15)18(21)11-12-19(22)20(3)13-17-10-5-14(2)23-17/h5-10H,4,11-13H2,1-3H3. The molecule has 0 aliphatic carbocycles. The van der Waals surface area contributed by atoms with E-state index >= 15 is 0 Å². The highest BCUT2D eigenvalue weighted by molar-refractivity contribution is 5.97. The Kier molecular flexibility index (Phi) is 5.74. The number of carbonyl (C=O) groups excluding carboxylic acids is 2. The number of furan rings is 1. The molecule has 0 saturated heterocycles. The third-order valence-electron chi connectivity index (χ3n) is 3.86. The first-order valence-electron chi connectivity index (χ1n) is 7.91. The number of hydrogen-bond donors (Lipinski definition) is 0. The van der Waals surface area contributed by atoms with Gasteiger partial charge < -0.3 is 9.32 Å². The Bertz CT molecular complexity index is 670. The number of Topliss-reactive ketones (excluding diaryl/α,β-unsaturated/α-hetero) is 1. The Morgan fingerprint density at radius 2 is 1.74 bits per heavy atom. The maximum absolute atomic E-state index is 12.1. The fourth-order valence-electron chi connectivity index (χ4n) is 2.37. The maximum atomic E-state index is 12.1. The van der Waals surface area contributed by atoms with Gasteiger partial charge in [-0.15, -0.1) is 0 Å². The molecule has 0 aliphatic heterocycles. The summed E-state index contributed by atoms with van der Waals surface area (Å²) in [7, 11) is 1.72. The van der Waals surface area contributed by atoms with Crippen molar-refractivity contribution < 1.29 is 14.0 Å². The normalized spacial score (nSPS) is 10.6. The summed E-state index contributed by atoms with van der Waals surface area (Å²) >= 11 is 0. The van der Waals surface area contributed by atoms with Crippen molar-refractivity contribution in [1.29, 1.82) is 0 Å².